The van der Waals surface area contributed by atoms with Gasteiger partial charge in [0.2, 0.25) is 15.9 Å². The van der Waals surface area contributed by atoms with E-state index in [-0.39, 0.29) is 11.9 Å². The van der Waals surface area contributed by atoms with Crippen LogP contribution in [0.15, 0.2) is 23.1 Å². The van der Waals surface area contributed by atoms with Crippen LogP contribution in [0, 0.1) is 13.8 Å². The maximum Gasteiger partial charge on any atom is 0.324 e. The number of imide groups is 1. The number of nitrogens with one attached hydrogen (secondary N) is 1. The number of hydrogen-bond donors (Lipinski definition) is 1. The van der Waals surface area contributed by atoms with Gasteiger partial charge in [-0.1, -0.05) is 17.7 Å². The highest BCUT2D eigenvalue weighted by Gasteiger charge is 2.36. The second-order valence-electron chi connectivity index (χ2n) is 7.11. The van der Waals surface area contributed by atoms with Crippen molar-refractivity contribution in [3.63, 3.8) is 0 Å². The summed E-state index contributed by atoms with van der Waals surface area (Å²) in [7, 11) is -3.56. The standard InChI is InChI=1S/C18H26N4O4S/c1-13-4-5-16(14(2)12-13)27(25,26)21-10-8-20(9-11-21)15(3)17(23)22-7-6-19-18(22)24/h4-5,12,15H,6-11H2,1-3H3,(H,19,24)/t15-/m1/s1. The van der Waals surface area contributed by atoms with Gasteiger partial charge in [0.1, 0.15) is 0 Å². The van der Waals surface area contributed by atoms with Gasteiger partial charge in [0.15, 0.2) is 0 Å². The van der Waals surface area contributed by atoms with Gasteiger partial charge in [-0.2, -0.15) is 4.31 Å². The van der Waals surface area contributed by atoms with E-state index in [1.807, 2.05) is 17.9 Å². The number of benzene rings is 1. The number of sulfonamides is 1. The fourth-order valence-corrected chi connectivity index (χ4v) is 5.25. The van der Waals surface area contributed by atoms with Crippen molar-refractivity contribution in [2.24, 2.45) is 0 Å². The Labute approximate surface area is 160 Å². The number of carbonyl (C=O) groups excluding carboxylic acids is 2. The van der Waals surface area contributed by atoms with Crippen LogP contribution in [0.3, 0.4) is 0 Å². The van der Waals surface area contributed by atoms with Crippen molar-refractivity contribution in [1.29, 1.82) is 0 Å². The summed E-state index contributed by atoms with van der Waals surface area (Å²) in [5.74, 6) is -0.240. The Hall–Kier alpha value is -1.97. The molecule has 1 atom stereocenters. The van der Waals surface area contributed by atoms with Crippen LogP contribution in [0.2, 0.25) is 0 Å². The van der Waals surface area contributed by atoms with Gasteiger partial charge >= 0.3 is 6.03 Å². The molecular formula is C18H26N4O4S. The van der Waals surface area contributed by atoms with E-state index in [4.69, 9.17) is 0 Å². The number of nitrogens with zero attached hydrogens (tertiary/aromatic N) is 3. The molecular weight excluding hydrogens is 368 g/mol. The number of piperazine rings is 1. The van der Waals surface area contributed by atoms with Crippen molar-refractivity contribution >= 4 is 22.0 Å². The quantitative estimate of drug-likeness (QED) is 0.806. The van der Waals surface area contributed by atoms with E-state index in [0.29, 0.717) is 44.2 Å². The Morgan fingerprint density at radius 3 is 2.33 bits per heavy atom. The molecule has 1 aromatic carbocycles. The zero-order valence-corrected chi connectivity index (χ0v) is 16.8. The highest BCUT2D eigenvalue weighted by molar-refractivity contribution is 7.89. The summed E-state index contributed by atoms with van der Waals surface area (Å²) < 4.78 is 27.4. The molecule has 2 aliphatic heterocycles. The molecule has 2 saturated heterocycles. The maximum atomic E-state index is 13.0. The van der Waals surface area contributed by atoms with E-state index < -0.39 is 16.1 Å². The largest absolute Gasteiger partial charge is 0.336 e. The van der Waals surface area contributed by atoms with Crippen LogP contribution in [-0.2, 0) is 14.8 Å². The third-order valence-corrected chi connectivity index (χ3v) is 7.31. The molecule has 9 heteroatoms. The van der Waals surface area contributed by atoms with Crippen molar-refractivity contribution in [2.75, 3.05) is 39.3 Å². The average Bonchev–Trinajstić information content (AvgIpc) is 3.06. The van der Waals surface area contributed by atoms with Crippen LogP contribution in [0.25, 0.3) is 0 Å². The molecule has 0 unspecified atom stereocenters. The molecule has 0 spiro atoms. The van der Waals surface area contributed by atoms with Crippen molar-refractivity contribution in [2.45, 2.75) is 31.7 Å². The Kier molecular flexibility index (Phi) is 5.55. The van der Waals surface area contributed by atoms with Crippen LogP contribution >= 0.6 is 0 Å². The Balaban J connectivity index is 1.66. The fourth-order valence-electron chi connectivity index (χ4n) is 3.62. The Bertz CT molecular complexity index is 847. The highest BCUT2D eigenvalue weighted by Crippen LogP contribution is 2.22. The lowest BCUT2D eigenvalue weighted by atomic mass is 10.2. The zero-order valence-electron chi connectivity index (χ0n) is 15.9. The lowest BCUT2D eigenvalue weighted by Gasteiger charge is -2.37. The minimum absolute atomic E-state index is 0.240. The van der Waals surface area contributed by atoms with Gasteiger partial charge in [0.05, 0.1) is 10.9 Å². The molecule has 0 bridgehead atoms. The van der Waals surface area contributed by atoms with E-state index in [0.717, 1.165) is 11.1 Å². The lowest BCUT2D eigenvalue weighted by molar-refractivity contribution is -0.133. The first-order chi connectivity index (χ1) is 12.7. The Morgan fingerprint density at radius 1 is 1.11 bits per heavy atom. The van der Waals surface area contributed by atoms with Crippen LogP contribution in [0.5, 0.6) is 0 Å². The minimum Gasteiger partial charge on any atom is -0.336 e. The minimum atomic E-state index is -3.56. The van der Waals surface area contributed by atoms with Crippen molar-refractivity contribution in [3.8, 4) is 0 Å². The van der Waals surface area contributed by atoms with Gasteiger partial charge in [-0.15, -0.1) is 0 Å². The van der Waals surface area contributed by atoms with Crippen LogP contribution in [-0.4, -0.2) is 79.8 Å². The predicted octanol–water partition coefficient (Wildman–Crippen LogP) is 0.550. The summed E-state index contributed by atoms with van der Waals surface area (Å²) in [4.78, 5) is 27.7. The SMILES string of the molecule is Cc1ccc(S(=O)(=O)N2CCN([C@H](C)C(=O)N3CCNC3=O)CC2)c(C)c1. The van der Waals surface area contributed by atoms with Gasteiger partial charge in [0, 0.05) is 39.3 Å². The number of aryl methyl sites for hydroxylation is 2. The van der Waals surface area contributed by atoms with Crippen LogP contribution in [0.4, 0.5) is 4.79 Å². The molecule has 0 saturated carbocycles. The first kappa shape index (κ1) is 19.8. The summed E-state index contributed by atoms with van der Waals surface area (Å²) in [5.41, 5.74) is 1.76. The van der Waals surface area contributed by atoms with E-state index in [9.17, 15) is 18.0 Å². The van der Waals surface area contributed by atoms with Gasteiger partial charge in [-0.25, -0.2) is 13.2 Å². The molecule has 0 aliphatic carbocycles. The van der Waals surface area contributed by atoms with Gasteiger partial charge in [-0.3, -0.25) is 14.6 Å². The topological polar surface area (TPSA) is 90.0 Å². The molecule has 3 amide bonds. The van der Waals surface area contributed by atoms with Crippen molar-refractivity contribution in [3.05, 3.63) is 29.3 Å². The summed E-state index contributed by atoms with van der Waals surface area (Å²) in [5, 5.41) is 2.62. The van der Waals surface area contributed by atoms with Crippen LogP contribution < -0.4 is 5.32 Å². The van der Waals surface area contributed by atoms with Gasteiger partial charge < -0.3 is 5.32 Å². The van der Waals surface area contributed by atoms with Crippen molar-refractivity contribution < 1.29 is 18.0 Å². The van der Waals surface area contributed by atoms with Crippen LogP contribution in [0.1, 0.15) is 18.1 Å². The second-order valence-corrected chi connectivity index (χ2v) is 9.01. The molecule has 8 nitrogen and oxygen atoms in total. The third kappa shape index (κ3) is 3.85. The van der Waals surface area contributed by atoms with E-state index >= 15 is 0 Å². The predicted molar refractivity (Wildman–Crippen MR) is 101 cm³/mol. The molecule has 2 heterocycles. The smallest absolute Gasteiger partial charge is 0.324 e. The molecule has 3 rings (SSSR count). The highest BCUT2D eigenvalue weighted by atomic mass is 32.2. The number of carbonyl (C=O) groups is 2. The molecule has 148 valence electrons. The monoisotopic (exact) mass is 394 g/mol. The first-order valence-corrected chi connectivity index (χ1v) is 10.6. The molecule has 0 radical (unpaired) electrons. The van der Waals surface area contributed by atoms with Gasteiger partial charge in [0.25, 0.3) is 0 Å². The second kappa shape index (κ2) is 7.57. The number of rotatable bonds is 4. The molecule has 1 N–H and O–H groups in total. The summed E-state index contributed by atoms with van der Waals surface area (Å²) in [6, 6.07) is 4.51. The lowest BCUT2D eigenvalue weighted by Crippen LogP contribution is -2.55. The van der Waals surface area contributed by atoms with E-state index in [1.54, 1.807) is 26.0 Å². The number of hydrogen-bond acceptors (Lipinski definition) is 5. The van der Waals surface area contributed by atoms with E-state index in [2.05, 4.69) is 5.32 Å². The summed E-state index contributed by atoms with van der Waals surface area (Å²) in [6.45, 7) is 7.89. The molecule has 0 aromatic heterocycles. The average molecular weight is 394 g/mol. The fraction of sp³-hybridized carbons (Fsp3) is 0.556. The molecule has 2 fully saturated rings. The van der Waals surface area contributed by atoms with Gasteiger partial charge in [-0.05, 0) is 32.4 Å². The normalized spacial score (nSPS) is 20.6. The van der Waals surface area contributed by atoms with Crippen molar-refractivity contribution in [1.82, 2.24) is 19.4 Å². The molecule has 1 aromatic rings. The molecule has 27 heavy (non-hydrogen) atoms. The zero-order chi connectivity index (χ0) is 19.8. The number of amides is 3. The summed E-state index contributed by atoms with van der Waals surface area (Å²) >= 11 is 0. The Morgan fingerprint density at radius 2 is 1.78 bits per heavy atom. The third-order valence-electron chi connectivity index (χ3n) is 5.25. The first-order valence-electron chi connectivity index (χ1n) is 9.12. The number of urea groups is 1. The van der Waals surface area contributed by atoms with E-state index in [1.165, 1.54) is 9.21 Å². The maximum absolute atomic E-state index is 13.0. The molecule has 2 aliphatic rings. The summed E-state index contributed by atoms with van der Waals surface area (Å²) in [6.07, 6.45) is 0.